The SMILES string of the molecule is CN(C(=O)CC[C@@H](NS(=O)(=O)Cc1ccccc1)C(=O)N1CCCC1C(=O)O)C1CCOCC1. The molecular weight excluding hydrogens is 462 g/mol. The molecule has 34 heavy (non-hydrogen) atoms. The van der Waals surface area contributed by atoms with Crippen LogP contribution in [0.2, 0.25) is 0 Å². The molecule has 2 aliphatic rings. The highest BCUT2D eigenvalue weighted by Gasteiger charge is 2.38. The van der Waals surface area contributed by atoms with E-state index in [0.29, 0.717) is 31.6 Å². The molecule has 1 aromatic rings. The number of carboxylic acids is 1. The lowest BCUT2D eigenvalue weighted by Crippen LogP contribution is -2.52. The van der Waals surface area contributed by atoms with Crippen LogP contribution in [-0.4, -0.2) is 86.0 Å². The fourth-order valence-corrected chi connectivity index (χ4v) is 5.86. The molecule has 0 bridgehead atoms. The number of amides is 2. The molecule has 10 nitrogen and oxygen atoms in total. The van der Waals surface area contributed by atoms with Crippen LogP contribution in [0.15, 0.2) is 30.3 Å². The Hall–Kier alpha value is -2.50. The van der Waals surface area contributed by atoms with Crippen molar-refractivity contribution >= 4 is 27.8 Å². The second-order valence-corrected chi connectivity index (χ2v) is 10.6. The van der Waals surface area contributed by atoms with Crippen molar-refractivity contribution in [3.8, 4) is 0 Å². The molecule has 2 heterocycles. The van der Waals surface area contributed by atoms with Gasteiger partial charge in [0.2, 0.25) is 21.8 Å². The predicted octanol–water partition coefficient (Wildman–Crippen LogP) is 0.968. The number of rotatable bonds is 10. The van der Waals surface area contributed by atoms with Crippen molar-refractivity contribution in [2.24, 2.45) is 0 Å². The number of aliphatic carboxylic acids is 1. The Labute approximate surface area is 200 Å². The zero-order valence-electron chi connectivity index (χ0n) is 19.4. The first-order valence-corrected chi connectivity index (χ1v) is 13.2. The van der Waals surface area contributed by atoms with E-state index in [0.717, 1.165) is 12.8 Å². The van der Waals surface area contributed by atoms with Crippen molar-refractivity contribution in [2.75, 3.05) is 26.8 Å². The number of sulfonamides is 1. The second-order valence-electron chi connectivity index (χ2n) is 8.83. The third kappa shape index (κ3) is 7.00. The Morgan fingerprint density at radius 3 is 2.50 bits per heavy atom. The number of nitrogens with zero attached hydrogens (tertiary/aromatic N) is 2. The summed E-state index contributed by atoms with van der Waals surface area (Å²) in [6.45, 7) is 1.39. The zero-order valence-corrected chi connectivity index (χ0v) is 20.2. The van der Waals surface area contributed by atoms with Gasteiger partial charge in [0, 0.05) is 39.3 Å². The van der Waals surface area contributed by atoms with Crippen LogP contribution in [0.1, 0.15) is 44.1 Å². The van der Waals surface area contributed by atoms with Crippen LogP contribution in [0.4, 0.5) is 0 Å². The number of benzene rings is 1. The van der Waals surface area contributed by atoms with Gasteiger partial charge in [-0.1, -0.05) is 30.3 Å². The number of hydrogen-bond acceptors (Lipinski definition) is 6. The van der Waals surface area contributed by atoms with Gasteiger partial charge in [0.05, 0.1) is 5.75 Å². The monoisotopic (exact) mass is 495 g/mol. The zero-order chi connectivity index (χ0) is 24.7. The molecule has 2 N–H and O–H groups in total. The number of ether oxygens (including phenoxy) is 1. The summed E-state index contributed by atoms with van der Waals surface area (Å²) in [6.07, 6.45) is 2.20. The topological polar surface area (TPSA) is 133 Å². The van der Waals surface area contributed by atoms with Crippen molar-refractivity contribution in [1.29, 1.82) is 0 Å². The summed E-state index contributed by atoms with van der Waals surface area (Å²) in [5, 5.41) is 9.47. The molecule has 0 aliphatic carbocycles. The van der Waals surface area contributed by atoms with Crippen molar-refractivity contribution < 1.29 is 32.6 Å². The van der Waals surface area contributed by atoms with Gasteiger partial charge in [0.15, 0.2) is 0 Å². The fourth-order valence-electron chi connectivity index (χ4n) is 4.49. The summed E-state index contributed by atoms with van der Waals surface area (Å²) >= 11 is 0. The number of carboxylic acid groups (broad SMARTS) is 1. The van der Waals surface area contributed by atoms with Crippen LogP contribution in [0.25, 0.3) is 0 Å². The summed E-state index contributed by atoms with van der Waals surface area (Å²) in [5.41, 5.74) is 0.557. The lowest BCUT2D eigenvalue weighted by molar-refractivity contribution is -0.149. The lowest BCUT2D eigenvalue weighted by Gasteiger charge is -2.32. The minimum absolute atomic E-state index is 0.0380. The standard InChI is InChI=1S/C23H33N3O7S/c1-25(18-11-14-33-15-12-18)21(27)10-9-19(22(28)26-13-5-8-20(26)23(29)30)24-34(31,32)16-17-6-3-2-4-7-17/h2-4,6-7,18-20,24H,5,8-16H2,1H3,(H,29,30)/t19-,20?/m1/s1. The highest BCUT2D eigenvalue weighted by atomic mass is 32.2. The van der Waals surface area contributed by atoms with Crippen LogP contribution >= 0.6 is 0 Å². The van der Waals surface area contributed by atoms with Gasteiger partial charge in [-0.15, -0.1) is 0 Å². The average molecular weight is 496 g/mol. The Balaban J connectivity index is 1.72. The third-order valence-corrected chi connectivity index (χ3v) is 7.78. The lowest BCUT2D eigenvalue weighted by atomic mass is 10.1. The van der Waals surface area contributed by atoms with Gasteiger partial charge in [-0.25, -0.2) is 17.9 Å². The van der Waals surface area contributed by atoms with Crippen molar-refractivity contribution in [3.05, 3.63) is 35.9 Å². The van der Waals surface area contributed by atoms with Crippen LogP contribution in [0.3, 0.4) is 0 Å². The van der Waals surface area contributed by atoms with E-state index in [1.54, 1.807) is 42.3 Å². The summed E-state index contributed by atoms with van der Waals surface area (Å²) < 4.78 is 33.5. The van der Waals surface area contributed by atoms with Crippen molar-refractivity contribution in [2.45, 2.75) is 62.4 Å². The van der Waals surface area contributed by atoms with E-state index in [1.165, 1.54) is 4.90 Å². The van der Waals surface area contributed by atoms with Gasteiger partial charge in [-0.2, -0.15) is 0 Å². The first kappa shape index (κ1) is 26.1. The largest absolute Gasteiger partial charge is 0.480 e. The summed E-state index contributed by atoms with van der Waals surface area (Å²) in [4.78, 5) is 40.5. The Morgan fingerprint density at radius 1 is 1.18 bits per heavy atom. The van der Waals surface area contributed by atoms with Gasteiger partial charge in [0.1, 0.15) is 12.1 Å². The van der Waals surface area contributed by atoms with Crippen LogP contribution in [0.5, 0.6) is 0 Å². The molecule has 2 fully saturated rings. The summed E-state index contributed by atoms with van der Waals surface area (Å²) in [7, 11) is -2.22. The molecule has 0 spiro atoms. The maximum Gasteiger partial charge on any atom is 0.326 e. The van der Waals surface area contributed by atoms with Gasteiger partial charge < -0.3 is 19.6 Å². The molecule has 2 saturated heterocycles. The molecule has 2 aliphatic heterocycles. The Bertz CT molecular complexity index is 964. The number of hydrogen-bond donors (Lipinski definition) is 2. The molecule has 11 heteroatoms. The van der Waals surface area contributed by atoms with Crippen LogP contribution in [-0.2, 0) is 34.9 Å². The smallest absolute Gasteiger partial charge is 0.326 e. The van der Waals surface area contributed by atoms with E-state index in [2.05, 4.69) is 4.72 Å². The maximum absolute atomic E-state index is 13.3. The predicted molar refractivity (Wildman–Crippen MR) is 124 cm³/mol. The number of nitrogens with one attached hydrogen (secondary N) is 1. The molecule has 1 aromatic carbocycles. The summed E-state index contributed by atoms with van der Waals surface area (Å²) in [5.74, 6) is -2.24. The third-order valence-electron chi connectivity index (χ3n) is 6.42. The molecule has 3 rings (SSSR count). The Morgan fingerprint density at radius 2 is 1.85 bits per heavy atom. The number of likely N-dealkylation sites (tertiary alicyclic amines) is 1. The van der Waals surface area contributed by atoms with E-state index in [9.17, 15) is 27.9 Å². The number of carbonyl (C=O) groups is 3. The van der Waals surface area contributed by atoms with E-state index >= 15 is 0 Å². The highest BCUT2D eigenvalue weighted by molar-refractivity contribution is 7.88. The first-order valence-electron chi connectivity index (χ1n) is 11.6. The average Bonchev–Trinajstić information content (AvgIpc) is 3.32. The van der Waals surface area contributed by atoms with Crippen LogP contribution in [0, 0.1) is 0 Å². The van der Waals surface area contributed by atoms with E-state index in [-0.39, 0.29) is 37.1 Å². The normalized spacial score (nSPS) is 20.1. The fraction of sp³-hybridized carbons (Fsp3) is 0.609. The van der Waals surface area contributed by atoms with Gasteiger partial charge in [-0.05, 0) is 37.7 Å². The quantitative estimate of drug-likeness (QED) is 0.494. The Kier molecular flexibility index (Phi) is 9.03. The van der Waals surface area contributed by atoms with Crippen LogP contribution < -0.4 is 4.72 Å². The minimum Gasteiger partial charge on any atom is -0.480 e. The molecule has 188 valence electrons. The maximum atomic E-state index is 13.3. The van der Waals surface area contributed by atoms with Gasteiger partial charge in [0.25, 0.3) is 0 Å². The highest BCUT2D eigenvalue weighted by Crippen LogP contribution is 2.21. The number of carbonyl (C=O) groups excluding carboxylic acids is 2. The van der Waals surface area contributed by atoms with E-state index < -0.39 is 34.0 Å². The molecule has 2 atom stereocenters. The molecule has 0 aromatic heterocycles. The molecule has 1 unspecified atom stereocenters. The minimum atomic E-state index is -3.92. The second kappa shape index (κ2) is 11.8. The molecular formula is C23H33N3O7S. The van der Waals surface area contributed by atoms with Crippen molar-refractivity contribution in [3.63, 3.8) is 0 Å². The van der Waals surface area contributed by atoms with Crippen molar-refractivity contribution in [1.82, 2.24) is 14.5 Å². The van der Waals surface area contributed by atoms with E-state index in [4.69, 9.17) is 4.74 Å². The first-order chi connectivity index (χ1) is 16.2. The summed E-state index contributed by atoms with van der Waals surface area (Å²) in [6, 6.07) is 6.39. The molecule has 2 amide bonds. The van der Waals surface area contributed by atoms with Gasteiger partial charge >= 0.3 is 5.97 Å². The molecule has 0 radical (unpaired) electrons. The molecule has 0 saturated carbocycles. The van der Waals surface area contributed by atoms with E-state index in [1.807, 2.05) is 0 Å². The van der Waals surface area contributed by atoms with Gasteiger partial charge in [-0.3, -0.25) is 9.59 Å².